The van der Waals surface area contributed by atoms with Crippen molar-refractivity contribution in [2.24, 2.45) is 5.73 Å². The summed E-state index contributed by atoms with van der Waals surface area (Å²) in [6.07, 6.45) is 0.114. The van der Waals surface area contributed by atoms with Crippen LogP contribution in [0.15, 0.2) is 18.2 Å². The predicted octanol–water partition coefficient (Wildman–Crippen LogP) is 0.0497. The van der Waals surface area contributed by atoms with E-state index < -0.39 is 12.0 Å². The Hall–Kier alpha value is -1.22. The van der Waals surface area contributed by atoms with Gasteiger partial charge in [0.1, 0.15) is 6.04 Å². The van der Waals surface area contributed by atoms with E-state index in [0.717, 1.165) is 0 Å². The fraction of sp³-hybridized carbons (Fsp3) is 0.222. The molecule has 5 nitrogen and oxygen atoms in total. The average Bonchev–Trinajstić information content (AvgIpc) is 2.11. The smallest absolute Gasteiger partial charge is 0.320 e. The number of aromatic hydroxyl groups is 2. The molecule has 0 radical (unpaired) electrons. The maximum atomic E-state index is 10.4. The van der Waals surface area contributed by atoms with Crippen LogP contribution >= 0.6 is 0 Å². The second-order valence-electron chi connectivity index (χ2n) is 2.97. The van der Waals surface area contributed by atoms with Gasteiger partial charge in [0.05, 0.1) is 0 Å². The first-order valence-electron chi connectivity index (χ1n) is 4.00. The summed E-state index contributed by atoms with van der Waals surface area (Å²) >= 11 is 0. The molecular weight excluding hydrogens is 238 g/mol. The Morgan fingerprint density at radius 3 is 2.40 bits per heavy atom. The van der Waals surface area contributed by atoms with Gasteiger partial charge in [0.15, 0.2) is 11.5 Å². The van der Waals surface area contributed by atoms with Crippen LogP contribution in [0.2, 0.25) is 0 Å². The van der Waals surface area contributed by atoms with Crippen molar-refractivity contribution in [3.63, 3.8) is 0 Å². The second-order valence-corrected chi connectivity index (χ2v) is 2.97. The van der Waals surface area contributed by atoms with Gasteiger partial charge < -0.3 is 21.1 Å². The van der Waals surface area contributed by atoms with Gasteiger partial charge in [0.2, 0.25) is 0 Å². The molecule has 1 unspecified atom stereocenters. The minimum absolute atomic E-state index is 0. The van der Waals surface area contributed by atoms with Crippen molar-refractivity contribution in [1.82, 2.24) is 0 Å². The summed E-state index contributed by atoms with van der Waals surface area (Å²) < 4.78 is 0. The quantitative estimate of drug-likeness (QED) is 0.567. The van der Waals surface area contributed by atoms with E-state index in [1.165, 1.54) is 18.2 Å². The number of phenolic OH excluding ortho intramolecular Hbond substituents is 2. The zero-order valence-electron chi connectivity index (χ0n) is 7.75. The third kappa shape index (κ3) is 3.80. The molecule has 0 aliphatic rings. The maximum absolute atomic E-state index is 10.4. The van der Waals surface area contributed by atoms with Crippen molar-refractivity contribution >= 4 is 5.97 Å². The van der Waals surface area contributed by atoms with Crippen LogP contribution in [-0.4, -0.2) is 27.3 Å². The normalized spacial score (nSPS) is 11.5. The van der Waals surface area contributed by atoms with Crippen LogP contribution in [0, 0.1) is 0 Å². The monoisotopic (exact) mass is 249 g/mol. The molecule has 0 saturated heterocycles. The van der Waals surface area contributed by atoms with Gasteiger partial charge in [-0.1, -0.05) is 6.07 Å². The Morgan fingerprint density at radius 2 is 1.93 bits per heavy atom. The molecule has 5 N–H and O–H groups in total. The van der Waals surface area contributed by atoms with Gasteiger partial charge in [0.25, 0.3) is 0 Å². The first kappa shape index (κ1) is 13.8. The van der Waals surface area contributed by atoms with Gasteiger partial charge in [-0.15, -0.1) is 0 Å². The van der Waals surface area contributed by atoms with E-state index in [0.29, 0.717) is 5.56 Å². The van der Waals surface area contributed by atoms with Crippen molar-refractivity contribution in [3.05, 3.63) is 23.8 Å². The average molecular weight is 249 g/mol. The molecule has 0 heterocycles. The predicted molar refractivity (Wildman–Crippen MR) is 49.1 cm³/mol. The first-order chi connectivity index (χ1) is 6.50. The number of rotatable bonds is 3. The molecule has 0 aromatic heterocycles. The molecule has 1 aromatic carbocycles. The van der Waals surface area contributed by atoms with Crippen LogP contribution in [0.25, 0.3) is 0 Å². The summed E-state index contributed by atoms with van der Waals surface area (Å²) in [4.78, 5) is 10.4. The van der Waals surface area contributed by atoms with E-state index in [9.17, 15) is 4.79 Å². The molecule has 1 rings (SSSR count). The largest absolute Gasteiger partial charge is 0.504 e. The molecule has 0 aliphatic carbocycles. The fourth-order valence-electron chi connectivity index (χ4n) is 1.04. The number of carbonyl (C=O) groups is 1. The van der Waals surface area contributed by atoms with Gasteiger partial charge in [-0.05, 0) is 24.1 Å². The molecule has 6 heteroatoms. The van der Waals surface area contributed by atoms with Gasteiger partial charge in [-0.25, -0.2) is 0 Å². The second kappa shape index (κ2) is 5.61. The van der Waals surface area contributed by atoms with E-state index in [2.05, 4.69) is 0 Å². The minimum Gasteiger partial charge on any atom is -0.504 e. The first-order valence-corrected chi connectivity index (χ1v) is 4.00. The summed E-state index contributed by atoms with van der Waals surface area (Å²) in [5.41, 5.74) is 5.86. The van der Waals surface area contributed by atoms with Gasteiger partial charge >= 0.3 is 5.97 Å². The van der Waals surface area contributed by atoms with Gasteiger partial charge in [0, 0.05) is 17.4 Å². The van der Waals surface area contributed by atoms with E-state index in [1.807, 2.05) is 0 Å². The van der Waals surface area contributed by atoms with E-state index >= 15 is 0 Å². The van der Waals surface area contributed by atoms with Crippen molar-refractivity contribution < 1.29 is 37.5 Å². The van der Waals surface area contributed by atoms with Crippen molar-refractivity contribution in [3.8, 4) is 11.5 Å². The maximum Gasteiger partial charge on any atom is 0.320 e. The topological polar surface area (TPSA) is 104 Å². The third-order valence-corrected chi connectivity index (χ3v) is 1.81. The Balaban J connectivity index is 0.00000196. The van der Waals surface area contributed by atoms with E-state index in [4.69, 9.17) is 21.1 Å². The molecule has 1 aromatic rings. The zero-order chi connectivity index (χ0) is 10.7. The minimum atomic E-state index is -1.10. The molecule has 0 fully saturated rings. The summed E-state index contributed by atoms with van der Waals surface area (Å²) in [6.45, 7) is 0. The van der Waals surface area contributed by atoms with Crippen LogP contribution in [-0.2, 0) is 28.6 Å². The third-order valence-electron chi connectivity index (χ3n) is 1.81. The SMILES string of the molecule is NC(Cc1ccc(O)c(O)c1)C(=O)O.[Cr]. The van der Waals surface area contributed by atoms with Crippen molar-refractivity contribution in [1.29, 1.82) is 0 Å². The Bertz CT molecular complexity index is 356. The van der Waals surface area contributed by atoms with Gasteiger partial charge in [-0.3, -0.25) is 4.79 Å². The standard InChI is InChI=1S/C9H11NO4.Cr/c10-6(9(13)14)3-5-1-2-7(11)8(12)4-5;/h1-2,4,6,11-12H,3,10H2,(H,13,14);. The molecule has 0 amide bonds. The van der Waals surface area contributed by atoms with Gasteiger partial charge in [-0.2, -0.15) is 0 Å². The fourth-order valence-corrected chi connectivity index (χ4v) is 1.04. The number of carboxylic acid groups (broad SMARTS) is 1. The molecule has 0 spiro atoms. The number of benzene rings is 1. The summed E-state index contributed by atoms with van der Waals surface area (Å²) in [7, 11) is 0. The number of nitrogens with two attached hydrogens (primary N) is 1. The van der Waals surface area contributed by atoms with Crippen LogP contribution in [0.4, 0.5) is 0 Å². The molecular formula is C9H11CrNO4. The molecule has 82 valence electrons. The number of hydrogen-bond donors (Lipinski definition) is 4. The number of aliphatic carboxylic acids is 1. The van der Waals surface area contributed by atoms with Crippen LogP contribution in [0.1, 0.15) is 5.56 Å². The van der Waals surface area contributed by atoms with E-state index in [1.54, 1.807) is 0 Å². The molecule has 15 heavy (non-hydrogen) atoms. The van der Waals surface area contributed by atoms with Crippen LogP contribution in [0.3, 0.4) is 0 Å². The Labute approximate surface area is 97.3 Å². The van der Waals surface area contributed by atoms with Crippen LogP contribution < -0.4 is 5.73 Å². The van der Waals surface area contributed by atoms with Crippen molar-refractivity contribution in [2.45, 2.75) is 12.5 Å². The molecule has 1 atom stereocenters. The number of carboxylic acids is 1. The Morgan fingerprint density at radius 1 is 1.33 bits per heavy atom. The zero-order valence-corrected chi connectivity index (χ0v) is 9.03. The molecule has 0 bridgehead atoms. The summed E-state index contributed by atoms with van der Waals surface area (Å²) in [5.74, 6) is -1.62. The van der Waals surface area contributed by atoms with Crippen molar-refractivity contribution in [2.75, 3.05) is 0 Å². The summed E-state index contributed by atoms with van der Waals surface area (Å²) in [6, 6.07) is 3.09. The van der Waals surface area contributed by atoms with Crippen LogP contribution in [0.5, 0.6) is 11.5 Å². The Kier molecular flexibility index (Phi) is 5.16. The summed E-state index contributed by atoms with van der Waals surface area (Å²) in [5, 5.41) is 26.6. The molecule has 0 aliphatic heterocycles. The molecule has 0 saturated carbocycles. The number of hydrogen-bond acceptors (Lipinski definition) is 4. The van der Waals surface area contributed by atoms with E-state index in [-0.39, 0.29) is 35.3 Å². The number of phenols is 2.